The van der Waals surface area contributed by atoms with Crippen molar-refractivity contribution < 1.29 is 5.11 Å². The van der Waals surface area contributed by atoms with Crippen LogP contribution in [0.5, 0.6) is 0 Å². The zero-order valence-corrected chi connectivity index (χ0v) is 11.0. The second-order valence-electron chi connectivity index (χ2n) is 5.25. The summed E-state index contributed by atoms with van der Waals surface area (Å²) in [6.07, 6.45) is 5.73. The van der Waals surface area contributed by atoms with Gasteiger partial charge in [-0.3, -0.25) is 0 Å². The first-order chi connectivity index (χ1) is 9.84. The molecule has 2 heteroatoms. The third-order valence-electron chi connectivity index (χ3n) is 4.12. The second kappa shape index (κ2) is 4.36. The zero-order chi connectivity index (χ0) is 13.5. The van der Waals surface area contributed by atoms with Crippen molar-refractivity contribution in [1.29, 1.82) is 0 Å². The Kier molecular flexibility index (Phi) is 2.51. The highest BCUT2D eigenvalue weighted by molar-refractivity contribution is 5.84. The van der Waals surface area contributed by atoms with Gasteiger partial charge in [-0.1, -0.05) is 54.6 Å². The normalized spacial score (nSPS) is 21.1. The van der Waals surface area contributed by atoms with Crippen molar-refractivity contribution in [2.45, 2.75) is 12.0 Å². The van der Waals surface area contributed by atoms with Crippen molar-refractivity contribution >= 4 is 17.0 Å². The molecule has 0 amide bonds. The first kappa shape index (κ1) is 11.5. The minimum atomic E-state index is -0.490. The molecule has 2 unspecified atom stereocenters. The topological polar surface area (TPSA) is 36.0 Å². The van der Waals surface area contributed by atoms with E-state index in [1.807, 2.05) is 42.6 Å². The van der Waals surface area contributed by atoms with Gasteiger partial charge in [-0.05, 0) is 22.8 Å². The molecule has 0 radical (unpaired) electrons. The molecule has 3 aromatic rings. The molecule has 0 spiro atoms. The highest BCUT2D eigenvalue weighted by Crippen LogP contribution is 2.40. The Morgan fingerprint density at radius 1 is 0.900 bits per heavy atom. The van der Waals surface area contributed by atoms with Gasteiger partial charge in [0.1, 0.15) is 0 Å². The van der Waals surface area contributed by atoms with Crippen LogP contribution in [0.2, 0.25) is 0 Å². The van der Waals surface area contributed by atoms with Crippen LogP contribution in [0.4, 0.5) is 0 Å². The molecule has 2 atom stereocenters. The van der Waals surface area contributed by atoms with Crippen LogP contribution in [0.15, 0.2) is 60.8 Å². The molecular weight excluding hydrogens is 246 g/mol. The number of H-pyrrole nitrogens is 1. The van der Waals surface area contributed by atoms with Crippen LogP contribution in [0.1, 0.15) is 28.7 Å². The molecule has 98 valence electrons. The lowest BCUT2D eigenvalue weighted by Crippen LogP contribution is -2.13. The largest absolute Gasteiger partial charge is 0.387 e. The van der Waals surface area contributed by atoms with Crippen molar-refractivity contribution in [3.05, 3.63) is 77.5 Å². The minimum Gasteiger partial charge on any atom is -0.387 e. The molecule has 0 bridgehead atoms. The number of hydrogen-bond acceptors (Lipinski definition) is 1. The summed E-state index contributed by atoms with van der Waals surface area (Å²) in [6, 6.07) is 16.2. The summed E-state index contributed by atoms with van der Waals surface area (Å²) in [5, 5.41) is 11.9. The summed E-state index contributed by atoms with van der Waals surface area (Å²) < 4.78 is 0. The number of benzene rings is 2. The molecule has 20 heavy (non-hydrogen) atoms. The molecule has 0 aliphatic heterocycles. The number of nitrogens with one attached hydrogen (secondary N) is 1. The summed E-state index contributed by atoms with van der Waals surface area (Å²) in [6.45, 7) is 0. The van der Waals surface area contributed by atoms with Crippen LogP contribution in [0.25, 0.3) is 17.0 Å². The molecule has 1 aromatic heterocycles. The lowest BCUT2D eigenvalue weighted by Gasteiger charge is -2.25. The van der Waals surface area contributed by atoms with E-state index in [4.69, 9.17) is 0 Å². The van der Waals surface area contributed by atoms with Crippen LogP contribution in [-0.4, -0.2) is 10.1 Å². The molecule has 2 aromatic carbocycles. The molecule has 1 aliphatic carbocycles. The number of hydrogen-bond donors (Lipinski definition) is 2. The Labute approximate surface area is 117 Å². The number of fused-ring (bicyclic) bond motifs is 2. The van der Waals surface area contributed by atoms with Gasteiger partial charge in [-0.15, -0.1) is 0 Å². The van der Waals surface area contributed by atoms with Gasteiger partial charge in [0, 0.05) is 23.0 Å². The summed E-state index contributed by atoms with van der Waals surface area (Å²) in [5.41, 5.74) is 4.38. The molecule has 4 rings (SSSR count). The molecule has 0 saturated carbocycles. The Morgan fingerprint density at radius 3 is 2.65 bits per heavy atom. The molecule has 0 saturated heterocycles. The smallest absolute Gasteiger partial charge is 0.0899 e. The number of para-hydroxylation sites is 1. The maximum Gasteiger partial charge on any atom is 0.0899 e. The van der Waals surface area contributed by atoms with Crippen molar-refractivity contribution in [3.8, 4) is 0 Å². The van der Waals surface area contributed by atoms with Gasteiger partial charge >= 0.3 is 0 Å². The molecule has 2 N–H and O–H groups in total. The molecule has 1 heterocycles. The molecular formula is C18H15NO. The first-order valence-electron chi connectivity index (χ1n) is 6.86. The fourth-order valence-electron chi connectivity index (χ4n) is 3.08. The van der Waals surface area contributed by atoms with Crippen molar-refractivity contribution in [3.63, 3.8) is 0 Å². The standard InChI is InChI=1S/C18H15NO/c20-18-13-6-2-1-5-12(13)9-10-15(18)16-11-19-17-8-4-3-7-14(16)17/h1-11,15,18-20H. The monoisotopic (exact) mass is 261 g/mol. The predicted octanol–water partition coefficient (Wildman–Crippen LogP) is 4.01. The Bertz CT molecular complexity index is 800. The van der Waals surface area contributed by atoms with Crippen LogP contribution in [0.3, 0.4) is 0 Å². The van der Waals surface area contributed by atoms with Gasteiger partial charge in [-0.2, -0.15) is 0 Å². The van der Waals surface area contributed by atoms with Crippen molar-refractivity contribution in [2.75, 3.05) is 0 Å². The van der Waals surface area contributed by atoms with E-state index in [1.165, 1.54) is 5.39 Å². The van der Waals surface area contributed by atoms with E-state index in [2.05, 4.69) is 29.3 Å². The number of rotatable bonds is 1. The first-order valence-corrected chi connectivity index (χ1v) is 6.86. The Balaban J connectivity index is 1.85. The fourth-order valence-corrected chi connectivity index (χ4v) is 3.08. The molecule has 2 nitrogen and oxygen atoms in total. The summed E-state index contributed by atoms with van der Waals surface area (Å²) >= 11 is 0. The minimum absolute atomic E-state index is 0.000972. The summed E-state index contributed by atoms with van der Waals surface area (Å²) in [4.78, 5) is 3.28. The summed E-state index contributed by atoms with van der Waals surface area (Å²) in [7, 11) is 0. The highest BCUT2D eigenvalue weighted by Gasteiger charge is 2.27. The zero-order valence-electron chi connectivity index (χ0n) is 11.0. The number of aromatic nitrogens is 1. The average Bonchev–Trinajstić information content (AvgIpc) is 2.92. The quantitative estimate of drug-likeness (QED) is 0.682. The predicted molar refractivity (Wildman–Crippen MR) is 81.5 cm³/mol. The third kappa shape index (κ3) is 1.62. The molecule has 1 aliphatic rings. The van der Waals surface area contributed by atoms with Gasteiger partial charge in [-0.25, -0.2) is 0 Å². The van der Waals surface area contributed by atoms with Gasteiger partial charge < -0.3 is 10.1 Å². The number of aromatic amines is 1. The average molecular weight is 261 g/mol. The van der Waals surface area contributed by atoms with Gasteiger partial charge in [0.25, 0.3) is 0 Å². The van der Waals surface area contributed by atoms with E-state index in [0.717, 1.165) is 22.2 Å². The third-order valence-corrected chi connectivity index (χ3v) is 4.12. The van der Waals surface area contributed by atoms with Crippen LogP contribution in [0, 0.1) is 0 Å². The van der Waals surface area contributed by atoms with Crippen molar-refractivity contribution in [1.82, 2.24) is 4.98 Å². The van der Waals surface area contributed by atoms with E-state index in [0.29, 0.717) is 0 Å². The Morgan fingerprint density at radius 2 is 1.70 bits per heavy atom. The van der Waals surface area contributed by atoms with Crippen molar-refractivity contribution in [2.24, 2.45) is 0 Å². The fraction of sp³-hybridized carbons (Fsp3) is 0.111. The van der Waals surface area contributed by atoms with E-state index >= 15 is 0 Å². The summed E-state index contributed by atoms with van der Waals surface area (Å²) in [5.74, 6) is 0.000972. The maximum absolute atomic E-state index is 10.7. The van der Waals surface area contributed by atoms with Gasteiger partial charge in [0.15, 0.2) is 0 Å². The molecule has 0 fully saturated rings. The SMILES string of the molecule is OC1c2ccccc2C=CC1c1c[nH]c2ccccc12. The van der Waals surface area contributed by atoms with Crippen LogP contribution >= 0.6 is 0 Å². The van der Waals surface area contributed by atoms with E-state index in [-0.39, 0.29) is 5.92 Å². The second-order valence-corrected chi connectivity index (χ2v) is 5.25. The van der Waals surface area contributed by atoms with Gasteiger partial charge in [0.05, 0.1) is 6.10 Å². The van der Waals surface area contributed by atoms with Crippen LogP contribution in [-0.2, 0) is 0 Å². The van der Waals surface area contributed by atoms with E-state index < -0.39 is 6.10 Å². The highest BCUT2D eigenvalue weighted by atomic mass is 16.3. The lowest BCUT2D eigenvalue weighted by atomic mass is 9.82. The number of aliphatic hydroxyl groups excluding tert-OH is 1. The lowest BCUT2D eigenvalue weighted by molar-refractivity contribution is 0.161. The number of aliphatic hydroxyl groups is 1. The van der Waals surface area contributed by atoms with E-state index in [9.17, 15) is 5.11 Å². The Hall–Kier alpha value is -2.32. The van der Waals surface area contributed by atoms with E-state index in [1.54, 1.807) is 0 Å². The maximum atomic E-state index is 10.7. The van der Waals surface area contributed by atoms with Gasteiger partial charge in [0.2, 0.25) is 0 Å². The van der Waals surface area contributed by atoms with Crippen LogP contribution < -0.4 is 0 Å².